The molecule has 1 heterocycles. The summed E-state index contributed by atoms with van der Waals surface area (Å²) in [5.74, 6) is 0.369. The van der Waals surface area contributed by atoms with Gasteiger partial charge in [-0.3, -0.25) is 0 Å². The molecule has 0 aliphatic carbocycles. The fourth-order valence-corrected chi connectivity index (χ4v) is 1.92. The molecule has 3 nitrogen and oxygen atoms in total. The number of hydrogen-bond donors (Lipinski definition) is 0. The van der Waals surface area contributed by atoms with Crippen molar-refractivity contribution >= 4 is 0 Å². The first-order valence-electron chi connectivity index (χ1n) is 5.88. The molecule has 0 radical (unpaired) electrons. The van der Waals surface area contributed by atoms with Gasteiger partial charge in [0.25, 0.3) is 0 Å². The Hall–Kier alpha value is -2.34. The lowest BCUT2D eigenvalue weighted by atomic mass is 10.0. The van der Waals surface area contributed by atoms with Crippen LogP contribution in [-0.4, -0.2) is 0 Å². The average molecular weight is 239 g/mol. The fraction of sp³-hybridized carbons (Fsp3) is 0.200. The van der Waals surface area contributed by atoms with Crippen molar-refractivity contribution in [3.63, 3.8) is 0 Å². The zero-order valence-electron chi connectivity index (χ0n) is 10.1. The van der Waals surface area contributed by atoms with E-state index in [-0.39, 0.29) is 0 Å². The summed E-state index contributed by atoms with van der Waals surface area (Å²) in [5, 5.41) is 9.27. The maximum Gasteiger partial charge on any atom is 0.336 e. The molecule has 18 heavy (non-hydrogen) atoms. The van der Waals surface area contributed by atoms with E-state index in [0.29, 0.717) is 17.7 Å². The van der Waals surface area contributed by atoms with Crippen molar-refractivity contribution in [2.75, 3.05) is 0 Å². The predicted octanol–water partition coefficient (Wildman–Crippen LogP) is 3.13. The van der Waals surface area contributed by atoms with Gasteiger partial charge in [-0.05, 0) is 12.0 Å². The van der Waals surface area contributed by atoms with Crippen LogP contribution in [0.1, 0.15) is 24.5 Å². The normalized spacial score (nSPS) is 10.0. The van der Waals surface area contributed by atoms with Gasteiger partial charge in [-0.25, -0.2) is 4.79 Å². The van der Waals surface area contributed by atoms with E-state index in [2.05, 4.69) is 6.07 Å². The van der Waals surface area contributed by atoms with E-state index in [1.807, 2.05) is 37.3 Å². The van der Waals surface area contributed by atoms with E-state index in [4.69, 9.17) is 4.42 Å². The van der Waals surface area contributed by atoms with Crippen molar-refractivity contribution in [3.05, 3.63) is 57.9 Å². The number of hydrogen-bond acceptors (Lipinski definition) is 3. The highest BCUT2D eigenvalue weighted by Crippen LogP contribution is 2.24. The summed E-state index contributed by atoms with van der Waals surface area (Å²) in [7, 11) is 0. The minimum absolute atomic E-state index is 0.369. The lowest BCUT2D eigenvalue weighted by molar-refractivity contribution is 0.521. The van der Waals surface area contributed by atoms with Crippen LogP contribution in [0.4, 0.5) is 0 Å². The molecule has 0 bridgehead atoms. The van der Waals surface area contributed by atoms with E-state index in [0.717, 1.165) is 17.5 Å². The monoisotopic (exact) mass is 239 g/mol. The molecule has 0 unspecified atom stereocenters. The van der Waals surface area contributed by atoms with E-state index in [1.165, 1.54) is 6.07 Å². The van der Waals surface area contributed by atoms with E-state index < -0.39 is 5.63 Å². The van der Waals surface area contributed by atoms with Gasteiger partial charge in [0, 0.05) is 11.6 Å². The summed E-state index contributed by atoms with van der Waals surface area (Å²) in [6.07, 6.45) is 1.58. The zero-order chi connectivity index (χ0) is 13.0. The molecular weight excluding hydrogens is 226 g/mol. The maximum atomic E-state index is 11.6. The van der Waals surface area contributed by atoms with Crippen LogP contribution in [0.25, 0.3) is 11.3 Å². The Morgan fingerprint density at radius 3 is 2.61 bits per heavy atom. The number of nitriles is 1. The summed E-state index contributed by atoms with van der Waals surface area (Å²) in [6.45, 7) is 2.01. The highest BCUT2D eigenvalue weighted by atomic mass is 16.4. The molecule has 0 N–H and O–H groups in total. The second kappa shape index (κ2) is 5.33. The maximum absolute atomic E-state index is 11.6. The molecule has 0 spiro atoms. The van der Waals surface area contributed by atoms with Gasteiger partial charge in [-0.1, -0.05) is 43.7 Å². The molecule has 1 aromatic carbocycles. The van der Waals surface area contributed by atoms with Crippen LogP contribution >= 0.6 is 0 Å². The van der Waals surface area contributed by atoms with E-state index in [9.17, 15) is 10.1 Å². The minimum Gasteiger partial charge on any atom is -0.421 e. The van der Waals surface area contributed by atoms with Crippen LogP contribution in [-0.2, 0) is 6.42 Å². The van der Waals surface area contributed by atoms with Gasteiger partial charge < -0.3 is 4.42 Å². The van der Waals surface area contributed by atoms with Gasteiger partial charge in [-0.15, -0.1) is 0 Å². The quantitative estimate of drug-likeness (QED) is 0.826. The van der Waals surface area contributed by atoms with Crippen molar-refractivity contribution in [1.82, 2.24) is 0 Å². The minimum atomic E-state index is -0.406. The Morgan fingerprint density at radius 2 is 2.00 bits per heavy atom. The highest BCUT2D eigenvalue weighted by Gasteiger charge is 2.13. The molecule has 1 aromatic heterocycles. The first-order valence-corrected chi connectivity index (χ1v) is 5.88. The third-order valence-corrected chi connectivity index (χ3v) is 2.71. The molecule has 3 heteroatoms. The Bertz CT molecular complexity index is 636. The van der Waals surface area contributed by atoms with Gasteiger partial charge in [-0.2, -0.15) is 5.26 Å². The summed E-state index contributed by atoms with van der Waals surface area (Å²) < 4.78 is 5.19. The smallest absolute Gasteiger partial charge is 0.336 e. The van der Waals surface area contributed by atoms with E-state index in [1.54, 1.807) is 0 Å². The summed E-state index contributed by atoms with van der Waals surface area (Å²) in [6, 6.07) is 12.8. The molecule has 0 amide bonds. The Balaban J connectivity index is 2.68. The van der Waals surface area contributed by atoms with Crippen LogP contribution in [0.15, 0.2) is 45.6 Å². The van der Waals surface area contributed by atoms with Gasteiger partial charge in [0.15, 0.2) is 5.76 Å². The summed E-state index contributed by atoms with van der Waals surface area (Å²) in [4.78, 5) is 11.6. The summed E-state index contributed by atoms with van der Waals surface area (Å²) >= 11 is 0. The van der Waals surface area contributed by atoms with Crippen LogP contribution < -0.4 is 5.63 Å². The molecular formula is C15H13NO2. The van der Waals surface area contributed by atoms with Crippen molar-refractivity contribution in [3.8, 4) is 17.4 Å². The standard InChI is InChI=1S/C15H13NO2/c1-2-6-12-9-14(17)18-15(13(12)10-16)11-7-4-3-5-8-11/h3-5,7-9H,2,6H2,1H3. The number of rotatable bonds is 3. The zero-order valence-corrected chi connectivity index (χ0v) is 10.1. The van der Waals surface area contributed by atoms with Crippen LogP contribution in [0, 0.1) is 11.3 Å². The largest absolute Gasteiger partial charge is 0.421 e. The predicted molar refractivity (Wildman–Crippen MR) is 69.1 cm³/mol. The molecule has 2 aromatic rings. The molecule has 90 valence electrons. The lowest BCUT2D eigenvalue weighted by Gasteiger charge is -2.06. The molecule has 2 rings (SSSR count). The van der Waals surface area contributed by atoms with Crippen molar-refractivity contribution in [2.24, 2.45) is 0 Å². The van der Waals surface area contributed by atoms with Gasteiger partial charge >= 0.3 is 5.63 Å². The van der Waals surface area contributed by atoms with Gasteiger partial charge in [0.1, 0.15) is 6.07 Å². The second-order valence-electron chi connectivity index (χ2n) is 4.02. The lowest BCUT2D eigenvalue weighted by Crippen LogP contribution is -2.04. The molecule has 0 aliphatic rings. The Kier molecular flexibility index (Phi) is 3.59. The highest BCUT2D eigenvalue weighted by molar-refractivity contribution is 5.66. The third kappa shape index (κ3) is 2.33. The number of nitrogens with zero attached hydrogens (tertiary/aromatic N) is 1. The molecule has 0 aliphatic heterocycles. The molecule has 0 fully saturated rings. The Labute approximate surface area is 105 Å². The van der Waals surface area contributed by atoms with Crippen molar-refractivity contribution in [2.45, 2.75) is 19.8 Å². The van der Waals surface area contributed by atoms with Crippen LogP contribution in [0.3, 0.4) is 0 Å². The molecule has 0 saturated heterocycles. The van der Waals surface area contributed by atoms with Gasteiger partial charge in [0.05, 0.1) is 5.56 Å². The van der Waals surface area contributed by atoms with Crippen molar-refractivity contribution in [1.29, 1.82) is 5.26 Å². The van der Waals surface area contributed by atoms with Crippen LogP contribution in [0.2, 0.25) is 0 Å². The number of benzene rings is 1. The fourth-order valence-electron chi connectivity index (χ4n) is 1.92. The topological polar surface area (TPSA) is 54.0 Å². The molecule has 0 saturated carbocycles. The third-order valence-electron chi connectivity index (χ3n) is 2.71. The first-order chi connectivity index (χ1) is 8.76. The van der Waals surface area contributed by atoms with E-state index >= 15 is 0 Å². The number of aryl methyl sites for hydroxylation is 1. The average Bonchev–Trinajstić information content (AvgIpc) is 2.39. The van der Waals surface area contributed by atoms with Gasteiger partial charge in [0.2, 0.25) is 0 Å². The van der Waals surface area contributed by atoms with Crippen molar-refractivity contribution < 1.29 is 4.42 Å². The van der Waals surface area contributed by atoms with Crippen LogP contribution in [0.5, 0.6) is 0 Å². The summed E-state index contributed by atoms with van der Waals surface area (Å²) in [5.41, 5.74) is 1.57. The SMILES string of the molecule is CCCc1cc(=O)oc(-c2ccccc2)c1C#N. The second-order valence-corrected chi connectivity index (χ2v) is 4.02. The first kappa shape index (κ1) is 12.1. The Morgan fingerprint density at radius 1 is 1.28 bits per heavy atom. The molecule has 0 atom stereocenters.